The number of halogens is 1. The first-order valence-corrected chi connectivity index (χ1v) is 7.09. The number of nitrogens with one attached hydrogen (secondary N) is 1. The molecule has 2 aromatic rings. The van der Waals surface area contributed by atoms with Crippen molar-refractivity contribution < 1.29 is 14.7 Å². The van der Waals surface area contributed by atoms with Crippen molar-refractivity contribution in [3.8, 4) is 0 Å². The van der Waals surface area contributed by atoms with Crippen LogP contribution in [0, 0.1) is 13.8 Å². The number of carboxylic acids is 1. The van der Waals surface area contributed by atoms with Crippen molar-refractivity contribution in [2.24, 2.45) is 0 Å². The highest BCUT2D eigenvalue weighted by molar-refractivity contribution is 9.10. The predicted octanol–water partition coefficient (Wildman–Crippen LogP) is 4.02. The Morgan fingerprint density at radius 3 is 2.48 bits per heavy atom. The molecule has 0 aliphatic rings. The molecule has 0 saturated carbocycles. The summed E-state index contributed by atoms with van der Waals surface area (Å²) in [7, 11) is 0. The lowest BCUT2D eigenvalue weighted by Crippen LogP contribution is -2.14. The molecule has 108 valence electrons. The molecule has 0 radical (unpaired) electrons. The molecule has 0 bridgehead atoms. The van der Waals surface area contributed by atoms with Gasteiger partial charge in [0.1, 0.15) is 0 Å². The lowest BCUT2D eigenvalue weighted by atomic mass is 10.1. The minimum Gasteiger partial charge on any atom is -0.478 e. The van der Waals surface area contributed by atoms with Crippen LogP contribution < -0.4 is 5.32 Å². The second kappa shape index (κ2) is 6.10. The summed E-state index contributed by atoms with van der Waals surface area (Å²) in [6.07, 6.45) is 0. The van der Waals surface area contributed by atoms with Crippen LogP contribution in [0.4, 0.5) is 5.69 Å². The third kappa shape index (κ3) is 3.49. The highest BCUT2D eigenvalue weighted by Gasteiger charge is 2.13. The first-order chi connectivity index (χ1) is 9.88. The lowest BCUT2D eigenvalue weighted by molar-refractivity contribution is 0.0696. The summed E-state index contributed by atoms with van der Waals surface area (Å²) < 4.78 is 0.692. The number of carboxylic acid groups (broad SMARTS) is 1. The van der Waals surface area contributed by atoms with E-state index in [1.165, 1.54) is 12.1 Å². The fraction of sp³-hybridized carbons (Fsp3) is 0.125. The SMILES string of the molecule is Cc1ccc(Br)c(C(=O)Nc2cc(C(=O)O)ccc2C)c1. The summed E-state index contributed by atoms with van der Waals surface area (Å²) in [4.78, 5) is 23.3. The molecular weight excluding hydrogens is 334 g/mol. The molecule has 5 heteroatoms. The van der Waals surface area contributed by atoms with E-state index in [1.54, 1.807) is 12.1 Å². The molecule has 0 aromatic heterocycles. The molecule has 0 heterocycles. The molecule has 21 heavy (non-hydrogen) atoms. The van der Waals surface area contributed by atoms with Crippen LogP contribution in [-0.2, 0) is 0 Å². The third-order valence-electron chi connectivity index (χ3n) is 3.10. The van der Waals surface area contributed by atoms with Crippen LogP contribution in [0.2, 0.25) is 0 Å². The van der Waals surface area contributed by atoms with E-state index in [0.717, 1.165) is 11.1 Å². The number of amides is 1. The molecule has 0 aliphatic carbocycles. The molecule has 2 rings (SSSR count). The summed E-state index contributed by atoms with van der Waals surface area (Å²) in [6.45, 7) is 3.71. The average Bonchev–Trinajstić information content (AvgIpc) is 2.43. The molecule has 2 N–H and O–H groups in total. The Kier molecular flexibility index (Phi) is 4.43. The van der Waals surface area contributed by atoms with E-state index < -0.39 is 5.97 Å². The third-order valence-corrected chi connectivity index (χ3v) is 3.79. The number of carbonyl (C=O) groups excluding carboxylic acids is 1. The molecule has 0 saturated heterocycles. The van der Waals surface area contributed by atoms with Gasteiger partial charge in [-0.3, -0.25) is 4.79 Å². The van der Waals surface area contributed by atoms with Gasteiger partial charge in [0.25, 0.3) is 5.91 Å². The normalized spacial score (nSPS) is 10.2. The largest absolute Gasteiger partial charge is 0.478 e. The molecule has 0 aliphatic heterocycles. The van der Waals surface area contributed by atoms with Crippen LogP contribution in [0.5, 0.6) is 0 Å². The van der Waals surface area contributed by atoms with Gasteiger partial charge in [0, 0.05) is 10.2 Å². The molecule has 0 atom stereocenters. The van der Waals surface area contributed by atoms with Gasteiger partial charge in [-0.25, -0.2) is 4.79 Å². The number of hydrogen-bond acceptors (Lipinski definition) is 2. The Labute approximate surface area is 130 Å². The standard InChI is InChI=1S/C16H14BrNO3/c1-9-3-6-13(17)12(7-9)15(19)18-14-8-11(16(20)21)5-4-10(14)2/h3-8H,1-2H3,(H,18,19)(H,20,21). The van der Waals surface area contributed by atoms with Gasteiger partial charge >= 0.3 is 5.97 Å². The minimum absolute atomic E-state index is 0.138. The Bertz CT molecular complexity index is 725. The van der Waals surface area contributed by atoms with Gasteiger partial charge in [-0.1, -0.05) is 17.7 Å². The Morgan fingerprint density at radius 2 is 1.81 bits per heavy atom. The first-order valence-electron chi connectivity index (χ1n) is 6.30. The monoisotopic (exact) mass is 347 g/mol. The van der Waals surface area contributed by atoms with Gasteiger partial charge in [-0.15, -0.1) is 0 Å². The molecule has 1 amide bonds. The lowest BCUT2D eigenvalue weighted by Gasteiger charge is -2.11. The predicted molar refractivity (Wildman–Crippen MR) is 85.0 cm³/mol. The second-order valence-electron chi connectivity index (χ2n) is 4.77. The van der Waals surface area contributed by atoms with Crippen molar-refractivity contribution >= 4 is 33.5 Å². The second-order valence-corrected chi connectivity index (χ2v) is 5.63. The van der Waals surface area contributed by atoms with Crippen LogP contribution in [0.3, 0.4) is 0 Å². The van der Waals surface area contributed by atoms with Crippen molar-refractivity contribution in [1.29, 1.82) is 0 Å². The van der Waals surface area contributed by atoms with Gasteiger partial charge in [0.2, 0.25) is 0 Å². The molecule has 2 aromatic carbocycles. The average molecular weight is 348 g/mol. The van der Waals surface area contributed by atoms with Gasteiger partial charge in [-0.05, 0) is 59.6 Å². The summed E-state index contributed by atoms with van der Waals surface area (Å²) in [5, 5.41) is 11.8. The van der Waals surface area contributed by atoms with E-state index in [2.05, 4.69) is 21.2 Å². The van der Waals surface area contributed by atoms with Gasteiger partial charge in [0.15, 0.2) is 0 Å². The van der Waals surface area contributed by atoms with E-state index in [1.807, 2.05) is 26.0 Å². The van der Waals surface area contributed by atoms with Gasteiger partial charge < -0.3 is 10.4 Å². The number of benzene rings is 2. The van der Waals surface area contributed by atoms with Gasteiger partial charge in [0.05, 0.1) is 11.1 Å². The van der Waals surface area contributed by atoms with Crippen LogP contribution in [0.15, 0.2) is 40.9 Å². The van der Waals surface area contributed by atoms with Gasteiger partial charge in [-0.2, -0.15) is 0 Å². The van der Waals surface area contributed by atoms with Crippen molar-refractivity contribution in [3.05, 3.63) is 63.1 Å². The molecule has 0 fully saturated rings. The van der Waals surface area contributed by atoms with Crippen molar-refractivity contribution in [2.75, 3.05) is 5.32 Å². The number of aromatic carboxylic acids is 1. The summed E-state index contributed by atoms with van der Waals surface area (Å²) in [5.74, 6) is -1.31. The Morgan fingerprint density at radius 1 is 1.10 bits per heavy atom. The number of anilines is 1. The number of rotatable bonds is 3. The minimum atomic E-state index is -1.03. The highest BCUT2D eigenvalue weighted by atomic mass is 79.9. The number of hydrogen-bond donors (Lipinski definition) is 2. The number of carbonyl (C=O) groups is 2. The zero-order chi connectivity index (χ0) is 15.6. The zero-order valence-electron chi connectivity index (χ0n) is 11.6. The van der Waals surface area contributed by atoms with Crippen LogP contribution in [0.25, 0.3) is 0 Å². The maximum atomic E-state index is 12.3. The van der Waals surface area contributed by atoms with Crippen molar-refractivity contribution in [1.82, 2.24) is 0 Å². The van der Waals surface area contributed by atoms with Crippen LogP contribution in [-0.4, -0.2) is 17.0 Å². The fourth-order valence-electron chi connectivity index (χ4n) is 1.89. The van der Waals surface area contributed by atoms with E-state index in [4.69, 9.17) is 5.11 Å². The fourth-order valence-corrected chi connectivity index (χ4v) is 2.32. The topological polar surface area (TPSA) is 66.4 Å². The van der Waals surface area contributed by atoms with E-state index in [0.29, 0.717) is 15.7 Å². The zero-order valence-corrected chi connectivity index (χ0v) is 13.2. The maximum Gasteiger partial charge on any atom is 0.335 e. The smallest absolute Gasteiger partial charge is 0.335 e. The van der Waals surface area contributed by atoms with Crippen molar-refractivity contribution in [2.45, 2.75) is 13.8 Å². The quantitative estimate of drug-likeness (QED) is 0.881. The number of aryl methyl sites for hydroxylation is 2. The summed E-state index contributed by atoms with van der Waals surface area (Å²) in [5.41, 5.74) is 2.92. The molecule has 0 spiro atoms. The Balaban J connectivity index is 2.33. The van der Waals surface area contributed by atoms with E-state index >= 15 is 0 Å². The summed E-state index contributed by atoms with van der Waals surface area (Å²) in [6, 6.07) is 10.1. The summed E-state index contributed by atoms with van der Waals surface area (Å²) >= 11 is 3.35. The molecule has 4 nitrogen and oxygen atoms in total. The Hall–Kier alpha value is -2.14. The van der Waals surface area contributed by atoms with E-state index in [-0.39, 0.29) is 11.5 Å². The highest BCUT2D eigenvalue weighted by Crippen LogP contribution is 2.22. The molecule has 0 unspecified atom stereocenters. The van der Waals surface area contributed by atoms with Crippen molar-refractivity contribution in [3.63, 3.8) is 0 Å². The first kappa shape index (κ1) is 15.3. The van der Waals surface area contributed by atoms with Crippen LogP contribution >= 0.6 is 15.9 Å². The molecular formula is C16H14BrNO3. The van der Waals surface area contributed by atoms with Crippen LogP contribution in [0.1, 0.15) is 31.8 Å². The maximum absolute atomic E-state index is 12.3. The van der Waals surface area contributed by atoms with E-state index in [9.17, 15) is 9.59 Å².